The number of pyridine rings is 1. The Balaban J connectivity index is 1.43. The first-order valence-corrected chi connectivity index (χ1v) is 13.8. The van der Waals surface area contributed by atoms with Crippen LogP contribution in [-0.2, 0) is 26.0 Å². The van der Waals surface area contributed by atoms with Gasteiger partial charge in [-0.3, -0.25) is 14.7 Å². The first kappa shape index (κ1) is 26.1. The normalized spacial score (nSPS) is 23.2. The van der Waals surface area contributed by atoms with Crippen molar-refractivity contribution in [2.45, 2.75) is 55.7 Å². The van der Waals surface area contributed by atoms with E-state index in [0.29, 0.717) is 22.3 Å². The average Bonchev–Trinajstić information content (AvgIpc) is 3.50. The lowest BCUT2D eigenvalue weighted by Gasteiger charge is -2.42. The molecule has 1 aliphatic heterocycles. The Morgan fingerprint density at radius 1 is 1.11 bits per heavy atom. The van der Waals surface area contributed by atoms with Crippen LogP contribution in [0.5, 0.6) is 0 Å². The zero-order valence-corrected chi connectivity index (χ0v) is 21.4. The number of aromatic amines is 1. The Morgan fingerprint density at radius 3 is 2.50 bits per heavy atom. The third-order valence-electron chi connectivity index (χ3n) is 7.30. The predicted molar refractivity (Wildman–Crippen MR) is 137 cm³/mol. The molecule has 0 spiro atoms. The van der Waals surface area contributed by atoms with E-state index in [1.807, 2.05) is 0 Å². The fourth-order valence-electron chi connectivity index (χ4n) is 5.33. The molecular formula is C25H27F3N6O3S. The van der Waals surface area contributed by atoms with Gasteiger partial charge in [0.1, 0.15) is 34.5 Å². The van der Waals surface area contributed by atoms with Gasteiger partial charge in [0.05, 0.1) is 23.7 Å². The number of benzene rings is 1. The summed E-state index contributed by atoms with van der Waals surface area (Å²) in [5.74, 6) is -3.84. The minimum atomic E-state index is -2.91. The number of likely N-dealkylation sites (tertiary alicyclic amines) is 1. The molecule has 3 atom stereocenters. The lowest BCUT2D eigenvalue weighted by atomic mass is 9.67. The Morgan fingerprint density at radius 2 is 1.82 bits per heavy atom. The molecule has 13 heteroatoms. The third-order valence-corrected chi connectivity index (χ3v) is 7.83. The number of H-pyrrole nitrogens is 1. The number of anilines is 2. The standard InChI is InChI=1S/C25H27F3N6O3S/c1-38(37)33-17-4-2-15(3-5-17)24(8-10-25(27,28)11-9-24)23(36)34-14-16(26)12-20(34)22(35)31-21-7-6-18-19(30-21)13-29-32-18/h2-7,13,16,20,33H,8-12,14H2,1H3,(H,29,32)(H,30,31,35)/t16-,20-,38?/m1/s1. The Kier molecular flexibility index (Phi) is 6.88. The van der Waals surface area contributed by atoms with E-state index in [4.69, 9.17) is 0 Å². The van der Waals surface area contributed by atoms with Crippen LogP contribution in [0, 0.1) is 0 Å². The molecule has 3 aromatic rings. The molecule has 2 aliphatic rings. The van der Waals surface area contributed by atoms with Crippen LogP contribution in [0.4, 0.5) is 24.7 Å². The molecule has 2 aromatic heterocycles. The minimum absolute atomic E-state index is 0.147. The fourth-order valence-corrected chi connectivity index (χ4v) is 5.80. The Bertz CT molecular complexity index is 1370. The second-order valence-corrected chi connectivity index (χ2v) is 11.0. The Labute approximate surface area is 219 Å². The number of carbonyl (C=O) groups excluding carboxylic acids is 2. The number of amides is 2. The van der Waals surface area contributed by atoms with Gasteiger partial charge in [0.2, 0.25) is 17.7 Å². The molecule has 38 heavy (non-hydrogen) atoms. The van der Waals surface area contributed by atoms with Gasteiger partial charge in [0, 0.05) is 31.2 Å². The second kappa shape index (κ2) is 10.0. The number of halogens is 3. The summed E-state index contributed by atoms with van der Waals surface area (Å²) in [5.41, 5.74) is 0.897. The van der Waals surface area contributed by atoms with Gasteiger partial charge in [0.25, 0.3) is 0 Å². The highest BCUT2D eigenvalue weighted by Crippen LogP contribution is 2.47. The molecule has 1 unspecified atom stereocenters. The van der Waals surface area contributed by atoms with Crippen molar-refractivity contribution >= 4 is 45.3 Å². The average molecular weight is 549 g/mol. The highest BCUT2D eigenvalue weighted by molar-refractivity contribution is 7.85. The van der Waals surface area contributed by atoms with Gasteiger partial charge in [-0.25, -0.2) is 22.4 Å². The first-order valence-electron chi connectivity index (χ1n) is 12.2. The summed E-state index contributed by atoms with van der Waals surface area (Å²) in [4.78, 5) is 32.8. The molecule has 1 saturated carbocycles. The molecule has 1 aromatic carbocycles. The monoisotopic (exact) mass is 548 g/mol. The summed E-state index contributed by atoms with van der Waals surface area (Å²) in [6.07, 6.45) is 0.0198. The molecule has 202 valence electrons. The van der Waals surface area contributed by atoms with Crippen molar-refractivity contribution in [2.24, 2.45) is 0 Å². The van der Waals surface area contributed by atoms with E-state index in [1.54, 1.807) is 36.4 Å². The van der Waals surface area contributed by atoms with Gasteiger partial charge >= 0.3 is 0 Å². The van der Waals surface area contributed by atoms with Gasteiger partial charge in [-0.2, -0.15) is 5.10 Å². The van der Waals surface area contributed by atoms with Gasteiger partial charge in [0.15, 0.2) is 0 Å². The molecule has 9 nitrogen and oxygen atoms in total. The predicted octanol–water partition coefficient (Wildman–Crippen LogP) is 3.69. The van der Waals surface area contributed by atoms with Crippen LogP contribution in [0.25, 0.3) is 11.0 Å². The lowest BCUT2D eigenvalue weighted by Crippen LogP contribution is -2.54. The summed E-state index contributed by atoms with van der Waals surface area (Å²) in [7, 11) is -1.32. The van der Waals surface area contributed by atoms with E-state index in [9.17, 15) is 27.0 Å². The SMILES string of the molecule is CS(=O)Nc1ccc(C2(C(=O)N3C[C@H](F)C[C@@H]3C(=O)Nc3ccc4[nH]ncc4n3)CCC(F)(F)CC2)cc1. The highest BCUT2D eigenvalue weighted by atomic mass is 32.2. The molecule has 2 amide bonds. The fraction of sp³-hybridized carbons (Fsp3) is 0.440. The molecule has 1 aliphatic carbocycles. The number of nitrogens with one attached hydrogen (secondary N) is 3. The van der Waals surface area contributed by atoms with Crippen LogP contribution >= 0.6 is 0 Å². The number of hydrogen-bond donors (Lipinski definition) is 3. The van der Waals surface area contributed by atoms with Crippen molar-refractivity contribution in [3.63, 3.8) is 0 Å². The minimum Gasteiger partial charge on any atom is -0.327 e. The number of rotatable bonds is 6. The number of alkyl halides is 3. The zero-order valence-electron chi connectivity index (χ0n) is 20.5. The molecule has 3 heterocycles. The summed E-state index contributed by atoms with van der Waals surface area (Å²) in [6.45, 7) is -0.308. The zero-order chi connectivity index (χ0) is 27.1. The quantitative estimate of drug-likeness (QED) is 0.434. The lowest BCUT2D eigenvalue weighted by molar-refractivity contribution is -0.146. The van der Waals surface area contributed by atoms with Crippen LogP contribution in [0.2, 0.25) is 0 Å². The maximum Gasteiger partial charge on any atom is 0.248 e. The van der Waals surface area contributed by atoms with Crippen LogP contribution < -0.4 is 10.0 Å². The van der Waals surface area contributed by atoms with Crippen molar-refractivity contribution in [1.29, 1.82) is 0 Å². The molecular weight excluding hydrogens is 521 g/mol. The number of fused-ring (bicyclic) bond motifs is 1. The molecule has 0 bridgehead atoms. The maximum atomic E-state index is 14.7. The van der Waals surface area contributed by atoms with Crippen LogP contribution in [0.1, 0.15) is 37.7 Å². The summed E-state index contributed by atoms with van der Waals surface area (Å²) in [6, 6.07) is 8.66. The molecule has 0 radical (unpaired) electrons. The summed E-state index contributed by atoms with van der Waals surface area (Å²) in [5, 5.41) is 9.30. The van der Waals surface area contributed by atoms with Crippen molar-refractivity contribution < 1.29 is 27.0 Å². The number of hydrogen-bond acceptors (Lipinski definition) is 5. The van der Waals surface area contributed by atoms with Crippen molar-refractivity contribution in [1.82, 2.24) is 20.1 Å². The van der Waals surface area contributed by atoms with E-state index in [2.05, 4.69) is 25.2 Å². The van der Waals surface area contributed by atoms with Crippen molar-refractivity contribution in [2.75, 3.05) is 22.8 Å². The van der Waals surface area contributed by atoms with Crippen LogP contribution in [-0.4, -0.2) is 67.0 Å². The van der Waals surface area contributed by atoms with Crippen molar-refractivity contribution in [3.8, 4) is 0 Å². The van der Waals surface area contributed by atoms with Gasteiger partial charge in [-0.15, -0.1) is 0 Å². The van der Waals surface area contributed by atoms with E-state index in [1.165, 1.54) is 17.4 Å². The molecule has 1 saturated heterocycles. The third kappa shape index (κ3) is 5.11. The molecule has 3 N–H and O–H groups in total. The number of nitrogens with zero attached hydrogens (tertiary/aromatic N) is 3. The van der Waals surface area contributed by atoms with Gasteiger partial charge in [-0.05, 0) is 42.7 Å². The largest absolute Gasteiger partial charge is 0.327 e. The number of aromatic nitrogens is 3. The van der Waals surface area contributed by atoms with Crippen LogP contribution in [0.3, 0.4) is 0 Å². The van der Waals surface area contributed by atoms with Crippen molar-refractivity contribution in [3.05, 3.63) is 48.2 Å². The number of carbonyl (C=O) groups is 2. The van der Waals surface area contributed by atoms with E-state index < -0.39 is 59.2 Å². The maximum absolute atomic E-state index is 14.7. The van der Waals surface area contributed by atoms with Gasteiger partial charge in [-0.1, -0.05) is 12.1 Å². The topological polar surface area (TPSA) is 120 Å². The summed E-state index contributed by atoms with van der Waals surface area (Å²) >= 11 is 0. The summed E-state index contributed by atoms with van der Waals surface area (Å²) < 4.78 is 57.3. The first-order chi connectivity index (χ1) is 18.1. The van der Waals surface area contributed by atoms with E-state index in [-0.39, 0.29) is 31.6 Å². The van der Waals surface area contributed by atoms with E-state index >= 15 is 0 Å². The second-order valence-electron chi connectivity index (χ2n) is 9.87. The molecule has 5 rings (SSSR count). The van der Waals surface area contributed by atoms with Crippen LogP contribution in [0.15, 0.2) is 42.6 Å². The highest BCUT2D eigenvalue weighted by Gasteiger charge is 2.53. The molecule has 2 fully saturated rings. The van der Waals surface area contributed by atoms with Gasteiger partial charge < -0.3 is 14.9 Å². The smallest absolute Gasteiger partial charge is 0.248 e. The van der Waals surface area contributed by atoms with E-state index in [0.717, 1.165) is 0 Å². The Hall–Kier alpha value is -3.48.